The number of rotatable bonds is 5. The molecule has 4 nitrogen and oxygen atoms in total. The highest BCUT2D eigenvalue weighted by Crippen LogP contribution is 2.27. The highest BCUT2D eigenvalue weighted by Gasteiger charge is 2.28. The number of benzene rings is 1. The summed E-state index contributed by atoms with van der Waals surface area (Å²) in [7, 11) is 0. The highest BCUT2D eigenvalue weighted by molar-refractivity contribution is 5.79. The van der Waals surface area contributed by atoms with Crippen molar-refractivity contribution in [3.05, 3.63) is 48.2 Å². The van der Waals surface area contributed by atoms with Crippen LogP contribution in [0.5, 0.6) is 0 Å². The lowest BCUT2D eigenvalue weighted by atomic mass is 10.0. The topological polar surface area (TPSA) is 45.5 Å². The smallest absolute Gasteiger partial charge is 0.224 e. The first-order chi connectivity index (χ1) is 10.8. The summed E-state index contributed by atoms with van der Waals surface area (Å²) in [5.74, 6) is 1.20. The number of likely N-dealkylation sites (tertiary alicyclic amines) is 1. The van der Waals surface area contributed by atoms with Crippen molar-refractivity contribution in [2.24, 2.45) is 5.92 Å². The largest absolute Gasteiger partial charge is 0.464 e. The highest BCUT2D eigenvalue weighted by atomic mass is 16.3. The van der Waals surface area contributed by atoms with Crippen LogP contribution in [0.15, 0.2) is 47.1 Å². The summed E-state index contributed by atoms with van der Waals surface area (Å²) in [5, 5.41) is 2.93. The van der Waals surface area contributed by atoms with Gasteiger partial charge in [0.25, 0.3) is 0 Å². The molecule has 2 aromatic rings. The molecule has 1 atom stereocenters. The average Bonchev–Trinajstić information content (AvgIpc) is 3.19. The standard InChI is InChI=1S/C18H22N2O2/c1-2-19-18(21)15-9-10-20(13-15)12-14-6-3-4-7-16(14)17-8-5-11-22-17/h3-8,11,15H,2,9-10,12-13H2,1H3,(H,19,21). The summed E-state index contributed by atoms with van der Waals surface area (Å²) >= 11 is 0. The molecule has 0 spiro atoms. The summed E-state index contributed by atoms with van der Waals surface area (Å²) in [6.07, 6.45) is 2.64. The maximum atomic E-state index is 11.9. The molecule has 1 fully saturated rings. The molecule has 1 unspecified atom stereocenters. The van der Waals surface area contributed by atoms with Crippen LogP contribution in [0, 0.1) is 5.92 Å². The van der Waals surface area contributed by atoms with Crippen molar-refractivity contribution in [2.75, 3.05) is 19.6 Å². The van der Waals surface area contributed by atoms with Gasteiger partial charge < -0.3 is 9.73 Å². The zero-order valence-electron chi connectivity index (χ0n) is 12.9. The molecule has 1 aliphatic rings. The Balaban J connectivity index is 1.69. The van der Waals surface area contributed by atoms with Gasteiger partial charge in [0, 0.05) is 25.2 Å². The predicted molar refractivity (Wildman–Crippen MR) is 86.2 cm³/mol. The molecular weight excluding hydrogens is 276 g/mol. The van der Waals surface area contributed by atoms with Crippen LogP contribution in [0.3, 0.4) is 0 Å². The van der Waals surface area contributed by atoms with Gasteiger partial charge in [-0.25, -0.2) is 0 Å². The predicted octanol–water partition coefficient (Wildman–Crippen LogP) is 2.90. The third kappa shape index (κ3) is 3.22. The van der Waals surface area contributed by atoms with E-state index in [4.69, 9.17) is 4.42 Å². The summed E-state index contributed by atoms with van der Waals surface area (Å²) in [5.41, 5.74) is 2.38. The number of furan rings is 1. The molecule has 22 heavy (non-hydrogen) atoms. The van der Waals surface area contributed by atoms with Crippen LogP contribution in [0.2, 0.25) is 0 Å². The fraction of sp³-hybridized carbons (Fsp3) is 0.389. The number of nitrogens with one attached hydrogen (secondary N) is 1. The van der Waals surface area contributed by atoms with Crippen LogP contribution in [0.4, 0.5) is 0 Å². The molecule has 2 heterocycles. The third-order valence-corrected chi connectivity index (χ3v) is 4.19. The van der Waals surface area contributed by atoms with E-state index in [-0.39, 0.29) is 11.8 Å². The van der Waals surface area contributed by atoms with Crippen LogP contribution in [0.1, 0.15) is 18.9 Å². The Morgan fingerprint density at radius 2 is 2.18 bits per heavy atom. The Kier molecular flexibility index (Phi) is 4.59. The van der Waals surface area contributed by atoms with Crippen molar-refractivity contribution >= 4 is 5.91 Å². The van der Waals surface area contributed by atoms with Gasteiger partial charge in [0.15, 0.2) is 0 Å². The zero-order valence-corrected chi connectivity index (χ0v) is 12.9. The Morgan fingerprint density at radius 1 is 1.32 bits per heavy atom. The van der Waals surface area contributed by atoms with Gasteiger partial charge in [-0.1, -0.05) is 24.3 Å². The fourth-order valence-corrected chi connectivity index (χ4v) is 3.08. The fourth-order valence-electron chi connectivity index (χ4n) is 3.08. The molecule has 0 radical (unpaired) electrons. The maximum Gasteiger partial charge on any atom is 0.224 e. The number of carbonyl (C=O) groups is 1. The van der Waals surface area contributed by atoms with E-state index >= 15 is 0 Å². The molecule has 0 bridgehead atoms. The van der Waals surface area contributed by atoms with E-state index in [0.717, 1.165) is 37.4 Å². The molecule has 4 heteroatoms. The molecular formula is C18H22N2O2. The lowest BCUT2D eigenvalue weighted by Crippen LogP contribution is -2.32. The van der Waals surface area contributed by atoms with E-state index in [2.05, 4.69) is 28.4 Å². The van der Waals surface area contributed by atoms with Crippen molar-refractivity contribution < 1.29 is 9.21 Å². The molecule has 1 saturated heterocycles. The number of hydrogen-bond donors (Lipinski definition) is 1. The summed E-state index contributed by atoms with van der Waals surface area (Å²) in [6.45, 7) is 5.32. The molecule has 1 aromatic heterocycles. The molecule has 1 aromatic carbocycles. The van der Waals surface area contributed by atoms with Crippen molar-refractivity contribution in [2.45, 2.75) is 19.9 Å². The van der Waals surface area contributed by atoms with Crippen molar-refractivity contribution in [3.8, 4) is 11.3 Å². The number of nitrogens with zero attached hydrogens (tertiary/aromatic N) is 1. The van der Waals surface area contributed by atoms with E-state index in [1.807, 2.05) is 25.1 Å². The summed E-state index contributed by atoms with van der Waals surface area (Å²) in [4.78, 5) is 14.3. The minimum Gasteiger partial charge on any atom is -0.464 e. The van der Waals surface area contributed by atoms with E-state index in [1.165, 1.54) is 5.56 Å². The Morgan fingerprint density at radius 3 is 2.95 bits per heavy atom. The summed E-state index contributed by atoms with van der Waals surface area (Å²) < 4.78 is 5.53. The zero-order chi connectivity index (χ0) is 15.4. The van der Waals surface area contributed by atoms with Gasteiger partial charge in [-0.3, -0.25) is 9.69 Å². The van der Waals surface area contributed by atoms with Crippen LogP contribution in [0.25, 0.3) is 11.3 Å². The van der Waals surface area contributed by atoms with Crippen molar-refractivity contribution in [3.63, 3.8) is 0 Å². The van der Waals surface area contributed by atoms with Crippen LogP contribution in [-0.2, 0) is 11.3 Å². The quantitative estimate of drug-likeness (QED) is 0.923. The maximum absolute atomic E-state index is 11.9. The number of carbonyl (C=O) groups excluding carboxylic acids is 1. The monoisotopic (exact) mass is 298 g/mol. The van der Waals surface area contributed by atoms with Crippen molar-refractivity contribution in [1.82, 2.24) is 10.2 Å². The minimum absolute atomic E-state index is 0.121. The van der Waals surface area contributed by atoms with Crippen molar-refractivity contribution in [1.29, 1.82) is 0 Å². The SMILES string of the molecule is CCNC(=O)C1CCN(Cc2ccccc2-c2ccco2)C1. The average molecular weight is 298 g/mol. The second kappa shape index (κ2) is 6.79. The van der Waals surface area contributed by atoms with Gasteiger partial charge in [-0.05, 0) is 37.6 Å². The normalized spacial score (nSPS) is 18.5. The van der Waals surface area contributed by atoms with Gasteiger partial charge in [-0.2, -0.15) is 0 Å². The van der Waals surface area contributed by atoms with Gasteiger partial charge in [0.1, 0.15) is 5.76 Å². The van der Waals surface area contributed by atoms with Crippen LogP contribution < -0.4 is 5.32 Å². The number of hydrogen-bond acceptors (Lipinski definition) is 3. The lowest BCUT2D eigenvalue weighted by molar-refractivity contribution is -0.124. The first-order valence-corrected chi connectivity index (χ1v) is 7.89. The lowest BCUT2D eigenvalue weighted by Gasteiger charge is -2.17. The second-order valence-corrected chi connectivity index (χ2v) is 5.75. The Bertz CT molecular complexity index is 622. The summed E-state index contributed by atoms with van der Waals surface area (Å²) in [6, 6.07) is 12.2. The number of amides is 1. The van der Waals surface area contributed by atoms with E-state index in [9.17, 15) is 4.79 Å². The van der Waals surface area contributed by atoms with Gasteiger partial charge >= 0.3 is 0 Å². The van der Waals surface area contributed by atoms with Gasteiger partial charge in [-0.15, -0.1) is 0 Å². The Labute approximate surface area is 131 Å². The molecule has 3 rings (SSSR count). The van der Waals surface area contributed by atoms with Crippen LogP contribution in [-0.4, -0.2) is 30.4 Å². The van der Waals surface area contributed by atoms with E-state index < -0.39 is 0 Å². The molecule has 1 N–H and O–H groups in total. The molecule has 0 aliphatic carbocycles. The molecule has 116 valence electrons. The molecule has 0 saturated carbocycles. The Hall–Kier alpha value is -2.07. The first-order valence-electron chi connectivity index (χ1n) is 7.89. The first kappa shape index (κ1) is 14.9. The molecule has 1 amide bonds. The van der Waals surface area contributed by atoms with E-state index in [0.29, 0.717) is 6.54 Å². The van der Waals surface area contributed by atoms with Gasteiger partial charge in [0.2, 0.25) is 5.91 Å². The van der Waals surface area contributed by atoms with Gasteiger partial charge in [0.05, 0.1) is 12.2 Å². The van der Waals surface area contributed by atoms with E-state index in [1.54, 1.807) is 6.26 Å². The molecule has 1 aliphatic heterocycles. The van der Waals surface area contributed by atoms with Crippen LogP contribution >= 0.6 is 0 Å². The minimum atomic E-state index is 0.121. The third-order valence-electron chi connectivity index (χ3n) is 4.19. The second-order valence-electron chi connectivity index (χ2n) is 5.75.